The molecule has 0 spiro atoms. The van der Waals surface area contributed by atoms with Crippen molar-refractivity contribution in [1.82, 2.24) is 0 Å². The summed E-state index contributed by atoms with van der Waals surface area (Å²) >= 11 is 1.20. The second kappa shape index (κ2) is 6.17. The molecule has 2 rings (SSSR count). The van der Waals surface area contributed by atoms with Crippen LogP contribution in [0.5, 0.6) is 0 Å². The van der Waals surface area contributed by atoms with Crippen molar-refractivity contribution in [2.45, 2.75) is 29.2 Å². The first-order valence-corrected chi connectivity index (χ1v) is 6.91. The molecular formula is C15H15F2NS. The standard InChI is InChI=1S/C15H15F2NS/c1-2-13(18)11-5-3-4-6-14(11)19-15-9-10(16)7-8-12(15)17/h3-9,13H,2,18H2,1H3/t13-/m1/s1. The number of nitrogens with two attached hydrogens (primary N) is 1. The first-order chi connectivity index (χ1) is 9.11. The zero-order valence-corrected chi connectivity index (χ0v) is 11.4. The van der Waals surface area contributed by atoms with Gasteiger partial charge in [-0.2, -0.15) is 0 Å². The minimum Gasteiger partial charge on any atom is -0.324 e. The second-order valence-corrected chi connectivity index (χ2v) is 5.31. The van der Waals surface area contributed by atoms with E-state index in [0.29, 0.717) is 0 Å². The summed E-state index contributed by atoms with van der Waals surface area (Å²) in [6, 6.07) is 10.9. The van der Waals surface area contributed by atoms with Gasteiger partial charge in [0.05, 0.1) is 4.90 Å². The lowest BCUT2D eigenvalue weighted by Gasteiger charge is -2.14. The number of halogens is 2. The van der Waals surface area contributed by atoms with Crippen LogP contribution in [0.25, 0.3) is 0 Å². The van der Waals surface area contributed by atoms with Crippen LogP contribution in [-0.4, -0.2) is 0 Å². The maximum atomic E-state index is 13.7. The highest BCUT2D eigenvalue weighted by Gasteiger charge is 2.12. The number of rotatable bonds is 4. The van der Waals surface area contributed by atoms with Gasteiger partial charge >= 0.3 is 0 Å². The highest BCUT2D eigenvalue weighted by Crippen LogP contribution is 2.35. The lowest BCUT2D eigenvalue weighted by Crippen LogP contribution is -2.09. The normalized spacial score (nSPS) is 12.4. The van der Waals surface area contributed by atoms with Gasteiger partial charge in [0, 0.05) is 10.9 Å². The van der Waals surface area contributed by atoms with Crippen LogP contribution in [-0.2, 0) is 0 Å². The van der Waals surface area contributed by atoms with Crippen LogP contribution in [0.2, 0.25) is 0 Å². The van der Waals surface area contributed by atoms with Crippen LogP contribution < -0.4 is 5.73 Å². The van der Waals surface area contributed by atoms with Crippen molar-refractivity contribution in [3.05, 3.63) is 59.7 Å². The second-order valence-electron chi connectivity index (χ2n) is 4.23. The quantitative estimate of drug-likeness (QED) is 0.890. The Morgan fingerprint density at radius 1 is 1.11 bits per heavy atom. The fourth-order valence-electron chi connectivity index (χ4n) is 1.77. The Labute approximate surface area is 115 Å². The average Bonchev–Trinajstić information content (AvgIpc) is 2.42. The predicted octanol–water partition coefficient (Wildman–Crippen LogP) is 4.53. The summed E-state index contributed by atoms with van der Waals surface area (Å²) in [7, 11) is 0. The van der Waals surface area contributed by atoms with E-state index in [4.69, 9.17) is 5.73 Å². The predicted molar refractivity (Wildman–Crippen MR) is 74.1 cm³/mol. The molecule has 1 atom stereocenters. The zero-order valence-electron chi connectivity index (χ0n) is 10.6. The molecule has 0 fully saturated rings. The molecule has 0 aromatic heterocycles. The van der Waals surface area contributed by atoms with Crippen molar-refractivity contribution in [3.8, 4) is 0 Å². The summed E-state index contributed by atoms with van der Waals surface area (Å²) in [5.74, 6) is -0.868. The summed E-state index contributed by atoms with van der Waals surface area (Å²) in [5.41, 5.74) is 6.99. The third kappa shape index (κ3) is 3.33. The van der Waals surface area contributed by atoms with Crippen LogP contribution in [0.15, 0.2) is 52.3 Å². The molecule has 100 valence electrons. The van der Waals surface area contributed by atoms with E-state index in [9.17, 15) is 8.78 Å². The van der Waals surface area contributed by atoms with E-state index in [1.54, 1.807) is 0 Å². The van der Waals surface area contributed by atoms with E-state index < -0.39 is 11.6 Å². The fourth-order valence-corrected chi connectivity index (χ4v) is 2.83. The summed E-state index contributed by atoms with van der Waals surface area (Å²) in [6.07, 6.45) is 0.795. The van der Waals surface area contributed by atoms with Gasteiger partial charge in [-0.05, 0) is 36.2 Å². The maximum absolute atomic E-state index is 13.7. The Morgan fingerprint density at radius 2 is 1.84 bits per heavy atom. The van der Waals surface area contributed by atoms with E-state index in [0.717, 1.165) is 29.0 Å². The van der Waals surface area contributed by atoms with Crippen molar-refractivity contribution >= 4 is 11.8 Å². The molecule has 0 bridgehead atoms. The van der Waals surface area contributed by atoms with Crippen LogP contribution in [0, 0.1) is 11.6 Å². The highest BCUT2D eigenvalue weighted by molar-refractivity contribution is 7.99. The van der Waals surface area contributed by atoms with E-state index >= 15 is 0 Å². The molecule has 0 saturated heterocycles. The number of hydrogen-bond donors (Lipinski definition) is 1. The van der Waals surface area contributed by atoms with Gasteiger partial charge in [0.1, 0.15) is 11.6 Å². The van der Waals surface area contributed by atoms with Crippen molar-refractivity contribution in [3.63, 3.8) is 0 Å². The first-order valence-electron chi connectivity index (χ1n) is 6.09. The molecule has 0 aliphatic rings. The van der Waals surface area contributed by atoms with Crippen molar-refractivity contribution in [2.24, 2.45) is 5.73 Å². The summed E-state index contributed by atoms with van der Waals surface area (Å²) in [6.45, 7) is 1.99. The summed E-state index contributed by atoms with van der Waals surface area (Å²) in [4.78, 5) is 1.14. The van der Waals surface area contributed by atoms with Crippen LogP contribution in [0.3, 0.4) is 0 Å². The molecule has 0 radical (unpaired) electrons. The SMILES string of the molecule is CC[C@@H](N)c1ccccc1Sc1cc(F)ccc1F. The smallest absolute Gasteiger partial charge is 0.137 e. The molecule has 0 unspecified atom stereocenters. The van der Waals surface area contributed by atoms with Gasteiger partial charge in [-0.1, -0.05) is 36.9 Å². The lowest BCUT2D eigenvalue weighted by atomic mass is 10.1. The molecule has 4 heteroatoms. The summed E-state index contributed by atoms with van der Waals surface area (Å²) in [5, 5.41) is 0. The molecule has 2 aromatic rings. The molecule has 0 heterocycles. The van der Waals surface area contributed by atoms with Gasteiger partial charge in [-0.15, -0.1) is 0 Å². The minimum absolute atomic E-state index is 0.0969. The zero-order chi connectivity index (χ0) is 13.8. The monoisotopic (exact) mass is 279 g/mol. The van der Waals surface area contributed by atoms with Crippen molar-refractivity contribution in [1.29, 1.82) is 0 Å². The number of benzene rings is 2. The maximum Gasteiger partial charge on any atom is 0.137 e. The molecule has 2 N–H and O–H groups in total. The molecular weight excluding hydrogens is 264 g/mol. The molecule has 0 saturated carbocycles. The Kier molecular flexibility index (Phi) is 4.56. The fraction of sp³-hybridized carbons (Fsp3) is 0.200. The largest absolute Gasteiger partial charge is 0.324 e. The molecule has 1 nitrogen and oxygen atoms in total. The Balaban J connectivity index is 2.35. The third-order valence-electron chi connectivity index (χ3n) is 2.87. The molecule has 0 aliphatic carbocycles. The summed E-state index contributed by atoms with van der Waals surface area (Å²) < 4.78 is 26.8. The van der Waals surface area contributed by atoms with E-state index in [-0.39, 0.29) is 10.9 Å². The van der Waals surface area contributed by atoms with Crippen LogP contribution in [0.4, 0.5) is 8.78 Å². The van der Waals surface area contributed by atoms with Crippen LogP contribution in [0.1, 0.15) is 24.9 Å². The third-order valence-corrected chi connectivity index (χ3v) is 4.00. The molecule has 0 amide bonds. The van der Waals surface area contributed by atoms with E-state index in [2.05, 4.69) is 0 Å². The highest BCUT2D eigenvalue weighted by atomic mass is 32.2. The van der Waals surface area contributed by atoms with Crippen molar-refractivity contribution in [2.75, 3.05) is 0 Å². The number of hydrogen-bond acceptors (Lipinski definition) is 2. The molecule has 0 aliphatic heterocycles. The Hall–Kier alpha value is -1.39. The molecule has 2 aromatic carbocycles. The topological polar surface area (TPSA) is 26.0 Å². The van der Waals surface area contributed by atoms with Gasteiger partial charge in [0.25, 0.3) is 0 Å². The Bertz CT molecular complexity index is 572. The molecule has 19 heavy (non-hydrogen) atoms. The average molecular weight is 279 g/mol. The van der Waals surface area contributed by atoms with E-state index in [1.165, 1.54) is 17.8 Å². The van der Waals surface area contributed by atoms with Gasteiger partial charge in [-0.25, -0.2) is 8.78 Å². The van der Waals surface area contributed by atoms with Crippen molar-refractivity contribution < 1.29 is 8.78 Å². The lowest BCUT2D eigenvalue weighted by molar-refractivity contribution is 0.577. The van der Waals surface area contributed by atoms with Gasteiger partial charge in [0.2, 0.25) is 0 Å². The van der Waals surface area contributed by atoms with Crippen LogP contribution >= 0.6 is 11.8 Å². The van der Waals surface area contributed by atoms with Gasteiger partial charge in [-0.3, -0.25) is 0 Å². The van der Waals surface area contributed by atoms with Gasteiger partial charge in [0.15, 0.2) is 0 Å². The Morgan fingerprint density at radius 3 is 2.58 bits per heavy atom. The first kappa shape index (κ1) is 14.0. The van der Waals surface area contributed by atoms with E-state index in [1.807, 2.05) is 31.2 Å². The van der Waals surface area contributed by atoms with Gasteiger partial charge < -0.3 is 5.73 Å². The minimum atomic E-state index is -0.443.